The van der Waals surface area contributed by atoms with Gasteiger partial charge in [-0.3, -0.25) is 4.90 Å². The van der Waals surface area contributed by atoms with Gasteiger partial charge in [-0.1, -0.05) is 13.0 Å². The highest BCUT2D eigenvalue weighted by atomic mass is 32.2. The zero-order valence-corrected chi connectivity index (χ0v) is 18.2. The monoisotopic (exact) mass is 424 g/mol. The van der Waals surface area contributed by atoms with Gasteiger partial charge in [0.15, 0.2) is 11.5 Å². The van der Waals surface area contributed by atoms with Crippen LogP contribution in [-0.4, -0.2) is 47.2 Å². The number of benzene rings is 1. The number of rotatable bonds is 8. The first-order valence-corrected chi connectivity index (χ1v) is 11.8. The summed E-state index contributed by atoms with van der Waals surface area (Å²) >= 11 is 1.67. The Morgan fingerprint density at radius 2 is 1.89 bits per heavy atom. The Morgan fingerprint density at radius 1 is 1.18 bits per heavy atom. The van der Waals surface area contributed by atoms with Crippen molar-refractivity contribution in [2.75, 3.05) is 33.9 Å². The first kappa shape index (κ1) is 21.1. The molecule has 28 heavy (non-hydrogen) atoms. The molecule has 2 aromatic rings. The van der Waals surface area contributed by atoms with Crippen LogP contribution in [0.5, 0.6) is 11.5 Å². The molecule has 6 nitrogen and oxygen atoms in total. The molecule has 0 aliphatic carbocycles. The summed E-state index contributed by atoms with van der Waals surface area (Å²) in [4.78, 5) is 3.75. The third kappa shape index (κ3) is 4.86. The van der Waals surface area contributed by atoms with Crippen molar-refractivity contribution < 1.29 is 17.9 Å². The van der Waals surface area contributed by atoms with Gasteiger partial charge in [0.25, 0.3) is 0 Å². The quantitative estimate of drug-likeness (QED) is 0.702. The van der Waals surface area contributed by atoms with Gasteiger partial charge in [-0.05, 0) is 55.4 Å². The smallest absolute Gasteiger partial charge is 0.240 e. The lowest BCUT2D eigenvalue weighted by Crippen LogP contribution is -2.41. The summed E-state index contributed by atoms with van der Waals surface area (Å²) in [6, 6.07) is 8.77. The minimum Gasteiger partial charge on any atom is -0.493 e. The van der Waals surface area contributed by atoms with Gasteiger partial charge in [-0.15, -0.1) is 11.3 Å². The van der Waals surface area contributed by atoms with Crippen LogP contribution in [-0.2, 0) is 10.0 Å². The van der Waals surface area contributed by atoms with Crippen LogP contribution in [0.4, 0.5) is 0 Å². The van der Waals surface area contributed by atoms with Gasteiger partial charge >= 0.3 is 0 Å². The van der Waals surface area contributed by atoms with E-state index in [-0.39, 0.29) is 10.9 Å². The van der Waals surface area contributed by atoms with Crippen LogP contribution >= 0.6 is 11.3 Å². The van der Waals surface area contributed by atoms with Crippen molar-refractivity contribution in [3.63, 3.8) is 0 Å². The number of piperidine rings is 1. The van der Waals surface area contributed by atoms with Gasteiger partial charge in [0.2, 0.25) is 10.0 Å². The van der Waals surface area contributed by atoms with Crippen LogP contribution in [0.1, 0.15) is 30.7 Å². The Bertz CT molecular complexity index is 860. The van der Waals surface area contributed by atoms with Gasteiger partial charge in [0.1, 0.15) is 0 Å². The zero-order valence-electron chi connectivity index (χ0n) is 16.6. The van der Waals surface area contributed by atoms with E-state index >= 15 is 0 Å². The molecule has 0 unspecified atom stereocenters. The molecule has 1 aliphatic rings. The molecule has 1 aromatic heterocycles. The first-order valence-electron chi connectivity index (χ1n) is 9.43. The molecular weight excluding hydrogens is 396 g/mol. The summed E-state index contributed by atoms with van der Waals surface area (Å²) in [5.41, 5.74) is 0. The van der Waals surface area contributed by atoms with Crippen molar-refractivity contribution in [3.8, 4) is 11.5 Å². The molecule has 1 N–H and O–H groups in total. The number of methoxy groups -OCH3 is 2. The fourth-order valence-electron chi connectivity index (χ4n) is 3.49. The highest BCUT2D eigenvalue weighted by Gasteiger charge is 2.27. The number of sulfonamides is 1. The van der Waals surface area contributed by atoms with Crippen molar-refractivity contribution in [2.45, 2.75) is 30.7 Å². The van der Waals surface area contributed by atoms with Gasteiger partial charge in [-0.25, -0.2) is 13.1 Å². The Balaban J connectivity index is 1.77. The lowest BCUT2D eigenvalue weighted by atomic mass is 9.97. The van der Waals surface area contributed by atoms with Crippen molar-refractivity contribution >= 4 is 21.4 Å². The Hall–Kier alpha value is -1.61. The molecule has 1 aliphatic heterocycles. The van der Waals surface area contributed by atoms with E-state index in [1.165, 1.54) is 31.2 Å². The maximum absolute atomic E-state index is 12.9. The highest BCUT2D eigenvalue weighted by Crippen LogP contribution is 2.31. The summed E-state index contributed by atoms with van der Waals surface area (Å²) in [7, 11) is -0.646. The van der Waals surface area contributed by atoms with E-state index in [0.717, 1.165) is 31.8 Å². The maximum atomic E-state index is 12.9. The number of ether oxygens (including phenoxy) is 2. The highest BCUT2D eigenvalue weighted by molar-refractivity contribution is 7.89. The molecule has 0 spiro atoms. The summed E-state index contributed by atoms with van der Waals surface area (Å²) < 4.78 is 39.0. The van der Waals surface area contributed by atoms with E-state index in [1.54, 1.807) is 17.4 Å². The molecule has 0 bridgehead atoms. The standard InChI is InChI=1S/C20H28N2O4S2/c1-15-8-10-22(11-9-15)17(20-5-4-12-27-20)14-21-28(23,24)16-6-7-18(25-2)19(13-16)26-3/h4-7,12-13,15,17,21H,8-11,14H2,1-3H3/t17-/m1/s1. The summed E-state index contributed by atoms with van der Waals surface area (Å²) in [6.07, 6.45) is 2.29. The molecule has 8 heteroatoms. The van der Waals surface area contributed by atoms with Crippen LogP contribution in [0.2, 0.25) is 0 Å². The third-order valence-corrected chi connectivity index (χ3v) is 7.66. The van der Waals surface area contributed by atoms with Crippen LogP contribution in [0.25, 0.3) is 0 Å². The van der Waals surface area contributed by atoms with Crippen molar-refractivity contribution in [1.82, 2.24) is 9.62 Å². The number of likely N-dealkylation sites (tertiary alicyclic amines) is 1. The van der Waals surface area contributed by atoms with Crippen LogP contribution in [0.15, 0.2) is 40.6 Å². The van der Waals surface area contributed by atoms with E-state index < -0.39 is 10.0 Å². The van der Waals surface area contributed by atoms with Gasteiger partial charge in [0, 0.05) is 17.5 Å². The summed E-state index contributed by atoms with van der Waals surface area (Å²) in [5.74, 6) is 1.62. The molecule has 2 heterocycles. The molecule has 0 radical (unpaired) electrons. The Kier molecular flexibility index (Phi) is 6.98. The molecule has 154 valence electrons. The lowest BCUT2D eigenvalue weighted by molar-refractivity contribution is 0.141. The van der Waals surface area contributed by atoms with E-state index in [4.69, 9.17) is 9.47 Å². The van der Waals surface area contributed by atoms with Gasteiger partial charge < -0.3 is 9.47 Å². The van der Waals surface area contributed by atoms with Crippen molar-refractivity contribution in [1.29, 1.82) is 0 Å². The molecule has 3 rings (SSSR count). The molecule has 0 amide bonds. The fourth-order valence-corrected chi connectivity index (χ4v) is 5.40. The second kappa shape index (κ2) is 9.26. The average molecular weight is 425 g/mol. The molecule has 1 atom stereocenters. The second-order valence-electron chi connectivity index (χ2n) is 7.12. The number of hydrogen-bond donors (Lipinski definition) is 1. The normalized spacial score (nSPS) is 17.4. The van der Waals surface area contributed by atoms with Crippen molar-refractivity contribution in [3.05, 3.63) is 40.6 Å². The summed E-state index contributed by atoms with van der Waals surface area (Å²) in [5, 5.41) is 2.04. The van der Waals surface area contributed by atoms with Crippen LogP contribution < -0.4 is 14.2 Å². The largest absolute Gasteiger partial charge is 0.493 e. The molecule has 1 fully saturated rings. The lowest BCUT2D eigenvalue weighted by Gasteiger charge is -2.36. The number of thiophene rings is 1. The Labute approximate surface area is 171 Å². The predicted octanol–water partition coefficient (Wildman–Crippen LogP) is 3.52. The molecule has 0 saturated carbocycles. The average Bonchev–Trinajstić information content (AvgIpc) is 3.23. The van der Waals surface area contributed by atoms with Gasteiger partial charge in [-0.2, -0.15) is 0 Å². The van der Waals surface area contributed by atoms with Crippen LogP contribution in [0, 0.1) is 5.92 Å². The number of nitrogens with one attached hydrogen (secondary N) is 1. The maximum Gasteiger partial charge on any atom is 0.240 e. The van der Waals surface area contributed by atoms with Crippen LogP contribution in [0.3, 0.4) is 0 Å². The van der Waals surface area contributed by atoms with E-state index in [0.29, 0.717) is 18.0 Å². The van der Waals surface area contributed by atoms with E-state index in [2.05, 4.69) is 22.6 Å². The SMILES string of the molecule is COc1ccc(S(=O)(=O)NC[C@H](c2cccs2)N2CCC(C)CC2)cc1OC. The minimum absolute atomic E-state index is 0.0439. The zero-order chi connectivity index (χ0) is 20.1. The van der Waals surface area contributed by atoms with Gasteiger partial charge in [0.05, 0.1) is 25.2 Å². The number of hydrogen-bond acceptors (Lipinski definition) is 6. The minimum atomic E-state index is -3.66. The molecule has 1 saturated heterocycles. The predicted molar refractivity (Wildman–Crippen MR) is 112 cm³/mol. The van der Waals surface area contributed by atoms with Crippen molar-refractivity contribution in [2.24, 2.45) is 5.92 Å². The first-order chi connectivity index (χ1) is 13.4. The Morgan fingerprint density at radius 3 is 2.50 bits per heavy atom. The topological polar surface area (TPSA) is 67.9 Å². The second-order valence-corrected chi connectivity index (χ2v) is 9.86. The fraction of sp³-hybridized carbons (Fsp3) is 0.500. The summed E-state index contributed by atoms with van der Waals surface area (Å²) in [6.45, 7) is 4.59. The number of nitrogens with zero attached hydrogens (tertiary/aromatic N) is 1. The third-order valence-electron chi connectivity index (χ3n) is 5.26. The van der Waals surface area contributed by atoms with E-state index in [9.17, 15) is 8.42 Å². The molecular formula is C20H28N2O4S2. The van der Waals surface area contributed by atoms with E-state index in [1.807, 2.05) is 11.4 Å². The molecule has 1 aromatic carbocycles.